The van der Waals surface area contributed by atoms with Gasteiger partial charge in [-0.2, -0.15) is 0 Å². The molecule has 0 radical (unpaired) electrons. The number of hydrogen-bond donors (Lipinski definition) is 1. The van der Waals surface area contributed by atoms with Gasteiger partial charge in [0.05, 0.1) is 0 Å². The Hall–Kier alpha value is -1.77. The molecule has 0 bridgehead atoms. The van der Waals surface area contributed by atoms with Crippen molar-refractivity contribution in [3.8, 4) is 0 Å². The smallest absolute Gasteiger partial charge is 0.254 e. The van der Waals surface area contributed by atoms with E-state index >= 15 is 0 Å². The van der Waals surface area contributed by atoms with Crippen molar-refractivity contribution in [3.63, 3.8) is 0 Å². The SMILES string of the molecule is Cc1[nH]c2ccc(C(=O)N(CC3CC3)C3CC3)cc2c1C. The molecular formula is C18H22N2O. The molecule has 1 N–H and O–H groups in total. The Morgan fingerprint density at radius 2 is 2.00 bits per heavy atom. The van der Waals surface area contributed by atoms with Crippen LogP contribution in [-0.4, -0.2) is 28.4 Å². The Labute approximate surface area is 125 Å². The minimum Gasteiger partial charge on any atom is -0.358 e. The molecule has 2 fully saturated rings. The van der Waals surface area contributed by atoms with E-state index in [1.54, 1.807) is 0 Å². The van der Waals surface area contributed by atoms with Crippen molar-refractivity contribution < 1.29 is 4.79 Å². The van der Waals surface area contributed by atoms with Crippen molar-refractivity contribution >= 4 is 16.8 Å². The largest absolute Gasteiger partial charge is 0.358 e. The number of aryl methyl sites for hydroxylation is 2. The molecule has 1 heterocycles. The maximum absolute atomic E-state index is 12.9. The summed E-state index contributed by atoms with van der Waals surface area (Å²) in [5.74, 6) is 0.985. The molecule has 0 spiro atoms. The highest BCUT2D eigenvalue weighted by molar-refractivity contribution is 5.99. The lowest BCUT2D eigenvalue weighted by molar-refractivity contribution is 0.0735. The molecule has 3 nitrogen and oxygen atoms in total. The average Bonchev–Trinajstić information content (AvgIpc) is 3.36. The summed E-state index contributed by atoms with van der Waals surface area (Å²) >= 11 is 0. The van der Waals surface area contributed by atoms with Crippen LogP contribution in [0.1, 0.15) is 47.3 Å². The second-order valence-electron chi connectivity index (χ2n) is 6.77. The van der Waals surface area contributed by atoms with Gasteiger partial charge in [-0.1, -0.05) is 0 Å². The third-order valence-corrected chi connectivity index (χ3v) is 4.96. The molecule has 2 aliphatic carbocycles. The van der Waals surface area contributed by atoms with Gasteiger partial charge in [0.15, 0.2) is 0 Å². The van der Waals surface area contributed by atoms with Crippen molar-refractivity contribution in [2.45, 2.75) is 45.6 Å². The van der Waals surface area contributed by atoms with Crippen molar-refractivity contribution in [2.24, 2.45) is 5.92 Å². The van der Waals surface area contributed by atoms with Crippen molar-refractivity contribution in [1.82, 2.24) is 9.88 Å². The standard InChI is InChI=1S/C18H22N2O/c1-11-12(2)19-17-8-5-14(9-16(11)17)18(21)20(15-6-7-15)10-13-3-4-13/h5,8-9,13,15,19H,3-4,6-7,10H2,1-2H3. The van der Waals surface area contributed by atoms with Gasteiger partial charge in [0.25, 0.3) is 5.91 Å². The van der Waals surface area contributed by atoms with E-state index in [2.05, 4.69) is 29.8 Å². The molecule has 0 saturated heterocycles. The molecule has 0 aliphatic heterocycles. The van der Waals surface area contributed by atoms with Crippen LogP contribution < -0.4 is 0 Å². The van der Waals surface area contributed by atoms with Crippen LogP contribution in [-0.2, 0) is 0 Å². The first-order valence-electron chi connectivity index (χ1n) is 8.03. The fourth-order valence-electron chi connectivity index (χ4n) is 3.12. The number of hydrogen-bond acceptors (Lipinski definition) is 1. The summed E-state index contributed by atoms with van der Waals surface area (Å²) in [6.45, 7) is 5.17. The number of H-pyrrole nitrogens is 1. The number of aromatic nitrogens is 1. The van der Waals surface area contributed by atoms with Gasteiger partial charge in [0.2, 0.25) is 0 Å². The molecule has 1 aromatic heterocycles. The highest BCUT2D eigenvalue weighted by Crippen LogP contribution is 2.36. The fraction of sp³-hybridized carbons (Fsp3) is 0.500. The number of aromatic amines is 1. The van der Waals surface area contributed by atoms with E-state index in [0.29, 0.717) is 6.04 Å². The number of carbonyl (C=O) groups is 1. The van der Waals surface area contributed by atoms with Crippen LogP contribution in [0.5, 0.6) is 0 Å². The van der Waals surface area contributed by atoms with Crippen LogP contribution in [0.25, 0.3) is 10.9 Å². The summed E-state index contributed by atoms with van der Waals surface area (Å²) < 4.78 is 0. The molecule has 4 rings (SSSR count). The highest BCUT2D eigenvalue weighted by Gasteiger charge is 2.36. The maximum Gasteiger partial charge on any atom is 0.254 e. The maximum atomic E-state index is 12.9. The normalized spacial score (nSPS) is 18.2. The summed E-state index contributed by atoms with van der Waals surface area (Å²) in [6.07, 6.45) is 4.96. The lowest BCUT2D eigenvalue weighted by Gasteiger charge is -2.22. The monoisotopic (exact) mass is 282 g/mol. The molecule has 110 valence electrons. The Balaban J connectivity index is 1.67. The molecule has 21 heavy (non-hydrogen) atoms. The minimum absolute atomic E-state index is 0.226. The van der Waals surface area contributed by atoms with Crippen LogP contribution >= 0.6 is 0 Å². The summed E-state index contributed by atoms with van der Waals surface area (Å²) in [5, 5.41) is 1.18. The first-order chi connectivity index (χ1) is 10.1. The van der Waals surface area contributed by atoms with Crippen LogP contribution in [0.3, 0.4) is 0 Å². The fourth-order valence-corrected chi connectivity index (χ4v) is 3.12. The summed E-state index contributed by atoms with van der Waals surface area (Å²) in [4.78, 5) is 18.4. The second-order valence-corrected chi connectivity index (χ2v) is 6.77. The van der Waals surface area contributed by atoms with Crippen LogP contribution in [0.4, 0.5) is 0 Å². The summed E-state index contributed by atoms with van der Waals surface area (Å²) in [5.41, 5.74) is 4.41. The second kappa shape index (κ2) is 4.62. The molecule has 2 aromatic rings. The number of benzene rings is 1. The van der Waals surface area contributed by atoms with Crippen molar-refractivity contribution in [2.75, 3.05) is 6.54 Å². The first kappa shape index (κ1) is 12.9. The molecule has 3 heteroatoms. The number of rotatable bonds is 4. The van der Waals surface area contributed by atoms with E-state index in [9.17, 15) is 4.79 Å². The van der Waals surface area contributed by atoms with E-state index in [1.807, 2.05) is 12.1 Å². The highest BCUT2D eigenvalue weighted by atomic mass is 16.2. The Kier molecular flexibility index (Phi) is 2.84. The Morgan fingerprint density at radius 1 is 1.24 bits per heavy atom. The zero-order chi connectivity index (χ0) is 14.6. The molecule has 0 unspecified atom stereocenters. The number of nitrogens with zero attached hydrogens (tertiary/aromatic N) is 1. The zero-order valence-corrected chi connectivity index (χ0v) is 12.8. The van der Waals surface area contributed by atoms with Crippen molar-refractivity contribution in [1.29, 1.82) is 0 Å². The average molecular weight is 282 g/mol. The number of nitrogens with one attached hydrogen (secondary N) is 1. The van der Waals surface area contributed by atoms with Gasteiger partial charge in [-0.15, -0.1) is 0 Å². The quantitative estimate of drug-likeness (QED) is 0.909. The number of fused-ring (bicyclic) bond motifs is 1. The minimum atomic E-state index is 0.226. The number of amides is 1. The van der Waals surface area contributed by atoms with Crippen LogP contribution in [0, 0.1) is 19.8 Å². The summed E-state index contributed by atoms with van der Waals surface area (Å²) in [6, 6.07) is 6.59. The van der Waals surface area contributed by atoms with Crippen LogP contribution in [0.15, 0.2) is 18.2 Å². The molecular weight excluding hydrogens is 260 g/mol. The third-order valence-electron chi connectivity index (χ3n) is 4.96. The lowest BCUT2D eigenvalue weighted by Crippen LogP contribution is -2.34. The molecule has 2 saturated carbocycles. The van der Waals surface area contributed by atoms with Gasteiger partial charge < -0.3 is 9.88 Å². The lowest BCUT2D eigenvalue weighted by atomic mass is 10.1. The van der Waals surface area contributed by atoms with Gasteiger partial charge >= 0.3 is 0 Å². The number of carbonyl (C=O) groups excluding carboxylic acids is 1. The van der Waals surface area contributed by atoms with E-state index in [-0.39, 0.29) is 5.91 Å². The molecule has 1 amide bonds. The van der Waals surface area contributed by atoms with E-state index in [1.165, 1.54) is 42.3 Å². The Morgan fingerprint density at radius 3 is 2.67 bits per heavy atom. The van der Waals surface area contributed by atoms with E-state index in [0.717, 1.165) is 23.5 Å². The van der Waals surface area contributed by atoms with E-state index < -0.39 is 0 Å². The zero-order valence-electron chi connectivity index (χ0n) is 12.8. The third kappa shape index (κ3) is 2.35. The van der Waals surface area contributed by atoms with E-state index in [4.69, 9.17) is 0 Å². The molecule has 1 aromatic carbocycles. The van der Waals surface area contributed by atoms with Gasteiger partial charge in [0.1, 0.15) is 0 Å². The predicted octanol–water partition coefficient (Wildman–Crippen LogP) is 3.80. The first-order valence-corrected chi connectivity index (χ1v) is 8.03. The Bertz CT molecular complexity index is 707. The molecule has 0 atom stereocenters. The summed E-state index contributed by atoms with van der Waals surface area (Å²) in [7, 11) is 0. The van der Waals surface area contributed by atoms with Gasteiger partial charge in [-0.05, 0) is 69.2 Å². The van der Waals surface area contributed by atoms with Gasteiger partial charge in [-0.3, -0.25) is 4.79 Å². The van der Waals surface area contributed by atoms with Crippen LogP contribution in [0.2, 0.25) is 0 Å². The predicted molar refractivity (Wildman–Crippen MR) is 84.6 cm³/mol. The van der Waals surface area contributed by atoms with Gasteiger partial charge in [0, 0.05) is 34.7 Å². The van der Waals surface area contributed by atoms with Gasteiger partial charge in [-0.25, -0.2) is 0 Å². The molecule has 2 aliphatic rings. The topological polar surface area (TPSA) is 36.1 Å². The van der Waals surface area contributed by atoms with Crippen molar-refractivity contribution in [3.05, 3.63) is 35.0 Å².